The first-order valence-electron chi connectivity index (χ1n) is 7.64. The Balaban J connectivity index is 2.29. The van der Waals surface area contributed by atoms with Gasteiger partial charge in [0.25, 0.3) is 5.56 Å². The molecule has 0 amide bonds. The summed E-state index contributed by atoms with van der Waals surface area (Å²) in [5, 5.41) is 4.68. The van der Waals surface area contributed by atoms with Crippen molar-refractivity contribution in [2.45, 2.75) is 13.5 Å². The van der Waals surface area contributed by atoms with Gasteiger partial charge in [-0.3, -0.25) is 4.79 Å². The van der Waals surface area contributed by atoms with Crippen LogP contribution in [0.5, 0.6) is 0 Å². The third-order valence-corrected chi connectivity index (χ3v) is 4.22. The summed E-state index contributed by atoms with van der Waals surface area (Å²) in [5.41, 5.74) is 2.66. The molecule has 0 atom stereocenters. The number of hydrogen-bond acceptors (Lipinski definition) is 3. The Kier molecular flexibility index (Phi) is 5.74. The lowest BCUT2D eigenvalue weighted by Crippen LogP contribution is -2.42. The number of pyridine rings is 1. The fourth-order valence-electron chi connectivity index (χ4n) is 2.41. The maximum Gasteiger partial charge on any atom is 0.253 e. The molecule has 0 fully saturated rings. The lowest BCUT2D eigenvalue weighted by atomic mass is 10.1. The second kappa shape index (κ2) is 7.57. The molecule has 2 N–H and O–H groups in total. The van der Waals surface area contributed by atoms with Gasteiger partial charge in [0.05, 0.1) is 6.54 Å². The molecule has 0 unspecified atom stereocenters. The van der Waals surface area contributed by atoms with Crippen LogP contribution in [0.15, 0.2) is 29.1 Å². The molecule has 0 radical (unpaired) electrons. The van der Waals surface area contributed by atoms with E-state index in [4.69, 9.17) is 12.2 Å². The van der Waals surface area contributed by atoms with Crippen LogP contribution >= 0.6 is 12.2 Å². The maximum atomic E-state index is 12.4. The topological polar surface area (TPSA) is 51.4 Å². The van der Waals surface area contributed by atoms with E-state index in [2.05, 4.69) is 15.2 Å². The van der Waals surface area contributed by atoms with Crippen molar-refractivity contribution in [3.8, 4) is 0 Å². The van der Waals surface area contributed by atoms with Crippen LogP contribution in [-0.4, -0.2) is 54.1 Å². The van der Waals surface area contributed by atoms with Crippen molar-refractivity contribution in [2.24, 2.45) is 0 Å². The number of hydrogen-bond donors (Lipinski definition) is 2. The molecule has 124 valence electrons. The highest BCUT2D eigenvalue weighted by Gasteiger charge is 2.12. The van der Waals surface area contributed by atoms with E-state index in [0.29, 0.717) is 11.7 Å². The first-order valence-corrected chi connectivity index (χ1v) is 8.05. The monoisotopic (exact) mass is 332 g/mol. The van der Waals surface area contributed by atoms with Gasteiger partial charge in [0, 0.05) is 31.2 Å². The Morgan fingerprint density at radius 3 is 2.65 bits per heavy atom. The second-order valence-electron chi connectivity index (χ2n) is 5.99. The molecular weight excluding hydrogens is 308 g/mol. The summed E-state index contributed by atoms with van der Waals surface area (Å²) in [5.74, 6) is 0. The highest BCUT2D eigenvalue weighted by molar-refractivity contribution is 7.80. The summed E-state index contributed by atoms with van der Waals surface area (Å²) in [4.78, 5) is 19.5. The molecule has 2 rings (SSSR count). The van der Waals surface area contributed by atoms with Gasteiger partial charge in [-0.25, -0.2) is 0 Å². The zero-order valence-corrected chi connectivity index (χ0v) is 15.0. The number of aryl methyl sites for hydroxylation is 1. The number of fused-ring (bicyclic) bond motifs is 1. The summed E-state index contributed by atoms with van der Waals surface area (Å²) in [7, 11) is 5.84. The lowest BCUT2D eigenvalue weighted by Gasteiger charge is -2.26. The van der Waals surface area contributed by atoms with Crippen LogP contribution in [-0.2, 0) is 6.54 Å². The largest absolute Gasteiger partial charge is 0.366 e. The van der Waals surface area contributed by atoms with E-state index in [1.54, 1.807) is 7.05 Å². The Labute approximate surface area is 142 Å². The fraction of sp³-hybridized carbons (Fsp3) is 0.412. The number of rotatable bonds is 5. The van der Waals surface area contributed by atoms with Crippen LogP contribution in [0, 0.1) is 6.92 Å². The van der Waals surface area contributed by atoms with E-state index in [1.165, 1.54) is 0 Å². The molecule has 1 aromatic heterocycles. The average molecular weight is 332 g/mol. The summed E-state index contributed by atoms with van der Waals surface area (Å²) in [6.45, 7) is 4.14. The van der Waals surface area contributed by atoms with Gasteiger partial charge in [-0.15, -0.1) is 0 Å². The minimum Gasteiger partial charge on any atom is -0.366 e. The van der Waals surface area contributed by atoms with Gasteiger partial charge < -0.3 is 20.1 Å². The molecular formula is C17H24N4OS. The molecule has 1 aromatic carbocycles. The average Bonchev–Trinajstić information content (AvgIpc) is 2.50. The minimum atomic E-state index is -0.0585. The van der Waals surface area contributed by atoms with Gasteiger partial charge in [-0.2, -0.15) is 0 Å². The van der Waals surface area contributed by atoms with Gasteiger partial charge in [0.2, 0.25) is 0 Å². The SMILES string of the molecule is CNC(=S)N(CCN(C)C)Cc1cc2ccc(C)cc2[nH]c1=O. The molecule has 23 heavy (non-hydrogen) atoms. The van der Waals surface area contributed by atoms with E-state index in [1.807, 2.05) is 50.2 Å². The molecule has 2 aromatic rings. The number of aromatic amines is 1. The molecule has 0 aliphatic heterocycles. The van der Waals surface area contributed by atoms with Crippen LogP contribution in [0.4, 0.5) is 0 Å². The first kappa shape index (κ1) is 17.4. The molecule has 1 heterocycles. The fourth-order valence-corrected chi connectivity index (χ4v) is 2.57. The highest BCUT2D eigenvalue weighted by atomic mass is 32.1. The molecule has 0 saturated heterocycles. The normalized spacial score (nSPS) is 11.0. The third-order valence-electron chi connectivity index (χ3n) is 3.76. The van der Waals surface area contributed by atoms with Crippen molar-refractivity contribution in [1.82, 2.24) is 20.1 Å². The Hall–Kier alpha value is -1.92. The molecule has 0 spiro atoms. The number of aromatic nitrogens is 1. The number of nitrogens with one attached hydrogen (secondary N) is 2. The van der Waals surface area contributed by atoms with Crippen molar-refractivity contribution in [3.63, 3.8) is 0 Å². The van der Waals surface area contributed by atoms with E-state index in [9.17, 15) is 4.79 Å². The zero-order chi connectivity index (χ0) is 17.0. The minimum absolute atomic E-state index is 0.0585. The molecule has 0 aliphatic carbocycles. The Bertz CT molecular complexity index is 754. The van der Waals surface area contributed by atoms with Crippen LogP contribution < -0.4 is 10.9 Å². The summed E-state index contributed by atoms with van der Waals surface area (Å²) in [6.07, 6.45) is 0. The molecule has 0 bridgehead atoms. The van der Waals surface area contributed by atoms with Crippen LogP contribution in [0.25, 0.3) is 10.9 Å². The second-order valence-corrected chi connectivity index (χ2v) is 6.38. The van der Waals surface area contributed by atoms with E-state index >= 15 is 0 Å². The lowest BCUT2D eigenvalue weighted by molar-refractivity contribution is 0.323. The first-order chi connectivity index (χ1) is 10.9. The molecule has 6 heteroatoms. The number of nitrogens with zero attached hydrogens (tertiary/aromatic N) is 2. The van der Waals surface area contributed by atoms with Crippen LogP contribution in [0.3, 0.4) is 0 Å². The van der Waals surface area contributed by atoms with Gasteiger partial charge in [-0.05, 0) is 56.3 Å². The number of thiocarbonyl (C=S) groups is 1. The Morgan fingerprint density at radius 2 is 2.00 bits per heavy atom. The smallest absolute Gasteiger partial charge is 0.253 e. The maximum absolute atomic E-state index is 12.4. The predicted octanol–water partition coefficient (Wildman–Crippen LogP) is 1.70. The van der Waals surface area contributed by atoms with Gasteiger partial charge in [-0.1, -0.05) is 12.1 Å². The van der Waals surface area contributed by atoms with Crippen molar-refractivity contribution in [2.75, 3.05) is 34.2 Å². The Morgan fingerprint density at radius 1 is 1.26 bits per heavy atom. The number of H-pyrrole nitrogens is 1. The van der Waals surface area contributed by atoms with Crippen LogP contribution in [0.1, 0.15) is 11.1 Å². The molecule has 0 aliphatic rings. The molecule has 5 nitrogen and oxygen atoms in total. The van der Waals surface area contributed by atoms with Crippen molar-refractivity contribution in [1.29, 1.82) is 0 Å². The third kappa shape index (κ3) is 4.53. The van der Waals surface area contributed by atoms with Gasteiger partial charge in [0.15, 0.2) is 5.11 Å². The highest BCUT2D eigenvalue weighted by Crippen LogP contribution is 2.14. The standard InChI is InChI=1S/C17H24N4OS/c1-12-5-6-13-10-14(16(22)19-15(13)9-12)11-21(17(23)18-2)8-7-20(3)4/h5-6,9-10H,7-8,11H2,1-4H3,(H,18,23)(H,19,22). The van der Waals surface area contributed by atoms with E-state index < -0.39 is 0 Å². The summed E-state index contributed by atoms with van der Waals surface area (Å²) >= 11 is 5.37. The van der Waals surface area contributed by atoms with Crippen LogP contribution in [0.2, 0.25) is 0 Å². The predicted molar refractivity (Wildman–Crippen MR) is 99.9 cm³/mol. The zero-order valence-electron chi connectivity index (χ0n) is 14.1. The van der Waals surface area contributed by atoms with Gasteiger partial charge >= 0.3 is 0 Å². The van der Waals surface area contributed by atoms with E-state index in [0.717, 1.165) is 35.1 Å². The summed E-state index contributed by atoms with van der Waals surface area (Å²) in [6, 6.07) is 8.02. The van der Waals surface area contributed by atoms with Crippen molar-refractivity contribution >= 4 is 28.2 Å². The molecule has 0 saturated carbocycles. The summed E-state index contributed by atoms with van der Waals surface area (Å²) < 4.78 is 0. The quantitative estimate of drug-likeness (QED) is 0.817. The van der Waals surface area contributed by atoms with Crippen molar-refractivity contribution < 1.29 is 0 Å². The van der Waals surface area contributed by atoms with Crippen molar-refractivity contribution in [3.05, 3.63) is 45.7 Å². The van der Waals surface area contributed by atoms with Gasteiger partial charge in [0.1, 0.15) is 0 Å². The van der Waals surface area contributed by atoms with E-state index in [-0.39, 0.29) is 5.56 Å². The number of benzene rings is 1. The number of likely N-dealkylation sites (N-methyl/N-ethyl adjacent to an activating group) is 1.